The van der Waals surface area contributed by atoms with Crippen molar-refractivity contribution < 1.29 is 13.2 Å². The lowest BCUT2D eigenvalue weighted by Crippen LogP contribution is -2.39. The second-order valence-electron chi connectivity index (χ2n) is 3.59. The highest BCUT2D eigenvalue weighted by molar-refractivity contribution is 5.19. The van der Waals surface area contributed by atoms with Crippen LogP contribution in [0.3, 0.4) is 0 Å². The van der Waals surface area contributed by atoms with Gasteiger partial charge in [-0.15, -0.1) is 0 Å². The molecular formula is C8H11F3N4. The molecule has 0 saturated heterocycles. The van der Waals surface area contributed by atoms with Crippen LogP contribution in [0.5, 0.6) is 0 Å². The van der Waals surface area contributed by atoms with E-state index in [1.807, 2.05) is 0 Å². The summed E-state index contributed by atoms with van der Waals surface area (Å²) in [5.74, 6) is 4.73. The third-order valence-electron chi connectivity index (χ3n) is 2.49. The van der Waals surface area contributed by atoms with Crippen LogP contribution in [0.4, 0.5) is 13.2 Å². The van der Waals surface area contributed by atoms with Gasteiger partial charge in [-0.25, -0.2) is 9.99 Å². The summed E-state index contributed by atoms with van der Waals surface area (Å²) >= 11 is 0. The molecule has 2 rings (SSSR count). The predicted octanol–water partition coefficient (Wildman–Crippen LogP) is 0.900. The minimum Gasteiger partial charge on any atom is -0.322 e. The minimum atomic E-state index is -4.39. The molecule has 0 atom stereocenters. The van der Waals surface area contributed by atoms with Crippen LogP contribution in [0.1, 0.15) is 17.2 Å². The van der Waals surface area contributed by atoms with Crippen LogP contribution in [-0.2, 0) is 19.3 Å². The van der Waals surface area contributed by atoms with Gasteiger partial charge in [-0.3, -0.25) is 5.84 Å². The van der Waals surface area contributed by atoms with Crippen LogP contribution in [-0.4, -0.2) is 21.1 Å². The zero-order valence-electron chi connectivity index (χ0n) is 8.17. The lowest BCUT2D eigenvalue weighted by Gasteiger charge is -2.25. The summed E-state index contributed by atoms with van der Waals surface area (Å²) in [7, 11) is 0. The van der Waals surface area contributed by atoms with Gasteiger partial charge < -0.3 is 4.57 Å². The van der Waals surface area contributed by atoms with E-state index >= 15 is 0 Å². The SMILES string of the molecule is Cc1nc(C(F)(F)F)n2c1CN(N)CC2. The van der Waals surface area contributed by atoms with Gasteiger partial charge in [0.25, 0.3) is 0 Å². The third-order valence-corrected chi connectivity index (χ3v) is 2.49. The Hall–Kier alpha value is -1.08. The number of halogens is 3. The van der Waals surface area contributed by atoms with E-state index in [1.54, 1.807) is 6.92 Å². The lowest BCUT2D eigenvalue weighted by atomic mass is 10.3. The summed E-state index contributed by atoms with van der Waals surface area (Å²) in [6.07, 6.45) is -4.39. The number of nitrogens with two attached hydrogens (primary N) is 1. The number of aryl methyl sites for hydroxylation is 1. The Balaban J connectivity index is 2.48. The Morgan fingerprint density at radius 3 is 2.60 bits per heavy atom. The largest absolute Gasteiger partial charge is 0.449 e. The molecule has 0 fully saturated rings. The fourth-order valence-corrected chi connectivity index (χ4v) is 1.76. The Labute approximate surface area is 84.5 Å². The van der Waals surface area contributed by atoms with Crippen molar-refractivity contribution in [3.8, 4) is 0 Å². The zero-order chi connectivity index (χ0) is 11.2. The van der Waals surface area contributed by atoms with Crippen LogP contribution in [0.15, 0.2) is 0 Å². The summed E-state index contributed by atoms with van der Waals surface area (Å²) < 4.78 is 38.9. The fourth-order valence-electron chi connectivity index (χ4n) is 1.76. The summed E-state index contributed by atoms with van der Waals surface area (Å²) in [4.78, 5) is 3.55. The Morgan fingerprint density at radius 1 is 1.33 bits per heavy atom. The summed E-state index contributed by atoms with van der Waals surface area (Å²) in [6, 6.07) is 0. The van der Waals surface area contributed by atoms with Crippen molar-refractivity contribution in [2.24, 2.45) is 5.84 Å². The molecule has 7 heteroatoms. The van der Waals surface area contributed by atoms with E-state index in [-0.39, 0.29) is 6.54 Å². The second kappa shape index (κ2) is 3.21. The number of hydrogen-bond acceptors (Lipinski definition) is 3. The van der Waals surface area contributed by atoms with Crippen LogP contribution >= 0.6 is 0 Å². The lowest BCUT2D eigenvalue weighted by molar-refractivity contribution is -0.147. The number of imidazole rings is 1. The first-order valence-corrected chi connectivity index (χ1v) is 4.52. The van der Waals surface area contributed by atoms with Crippen molar-refractivity contribution in [1.82, 2.24) is 14.6 Å². The molecule has 0 unspecified atom stereocenters. The quantitative estimate of drug-likeness (QED) is 0.661. The highest BCUT2D eigenvalue weighted by Gasteiger charge is 2.39. The number of hydrazine groups is 1. The van der Waals surface area contributed by atoms with Gasteiger partial charge in [0, 0.05) is 13.1 Å². The molecule has 0 aromatic carbocycles. The third kappa shape index (κ3) is 1.72. The van der Waals surface area contributed by atoms with E-state index in [0.29, 0.717) is 24.5 Å². The minimum absolute atomic E-state index is 0.238. The molecule has 1 aliphatic rings. The number of aromatic nitrogens is 2. The Morgan fingerprint density at radius 2 is 2.00 bits per heavy atom. The van der Waals surface area contributed by atoms with E-state index < -0.39 is 12.0 Å². The first-order chi connectivity index (χ1) is 6.89. The zero-order valence-corrected chi connectivity index (χ0v) is 8.17. The van der Waals surface area contributed by atoms with Crippen LogP contribution < -0.4 is 5.84 Å². The molecule has 1 aliphatic heterocycles. The molecule has 2 N–H and O–H groups in total. The molecule has 1 aromatic heterocycles. The van der Waals surface area contributed by atoms with Crippen LogP contribution in [0.25, 0.3) is 0 Å². The van der Waals surface area contributed by atoms with Gasteiger partial charge in [0.15, 0.2) is 0 Å². The molecule has 0 radical (unpaired) electrons. The number of alkyl halides is 3. The van der Waals surface area contributed by atoms with E-state index in [9.17, 15) is 13.2 Å². The van der Waals surface area contributed by atoms with Gasteiger partial charge in [0.05, 0.1) is 17.9 Å². The van der Waals surface area contributed by atoms with Gasteiger partial charge in [-0.2, -0.15) is 13.2 Å². The topological polar surface area (TPSA) is 47.1 Å². The average molecular weight is 220 g/mol. The highest BCUT2D eigenvalue weighted by Crippen LogP contribution is 2.31. The van der Waals surface area contributed by atoms with Gasteiger partial charge in [0.2, 0.25) is 5.82 Å². The monoisotopic (exact) mass is 220 g/mol. The van der Waals surface area contributed by atoms with Crippen LogP contribution in [0, 0.1) is 6.92 Å². The predicted molar refractivity (Wildman–Crippen MR) is 46.6 cm³/mol. The summed E-state index contributed by atoms with van der Waals surface area (Å²) in [5, 5.41) is 1.49. The molecule has 84 valence electrons. The fraction of sp³-hybridized carbons (Fsp3) is 0.625. The van der Waals surface area contributed by atoms with Crippen molar-refractivity contribution >= 4 is 0 Å². The van der Waals surface area contributed by atoms with Crippen molar-refractivity contribution in [1.29, 1.82) is 0 Å². The molecule has 0 aliphatic carbocycles. The number of hydrogen-bond donors (Lipinski definition) is 1. The molecule has 2 heterocycles. The Bertz CT molecular complexity index is 382. The second-order valence-corrected chi connectivity index (χ2v) is 3.59. The first kappa shape index (κ1) is 10.4. The molecule has 0 saturated carbocycles. The number of rotatable bonds is 0. The van der Waals surface area contributed by atoms with E-state index in [2.05, 4.69) is 4.98 Å². The van der Waals surface area contributed by atoms with Crippen molar-refractivity contribution in [3.63, 3.8) is 0 Å². The number of nitrogens with zero attached hydrogens (tertiary/aromatic N) is 3. The highest BCUT2D eigenvalue weighted by atomic mass is 19.4. The van der Waals surface area contributed by atoms with Crippen LogP contribution in [0.2, 0.25) is 0 Å². The maximum atomic E-state index is 12.6. The van der Waals surface area contributed by atoms with Gasteiger partial charge >= 0.3 is 6.18 Å². The average Bonchev–Trinajstić information content (AvgIpc) is 2.43. The maximum absolute atomic E-state index is 12.6. The Kier molecular flexibility index (Phi) is 2.23. The van der Waals surface area contributed by atoms with E-state index in [4.69, 9.17) is 5.84 Å². The van der Waals surface area contributed by atoms with Gasteiger partial charge in [-0.1, -0.05) is 0 Å². The maximum Gasteiger partial charge on any atom is 0.449 e. The first-order valence-electron chi connectivity index (χ1n) is 4.52. The summed E-state index contributed by atoms with van der Waals surface area (Å²) in [5.41, 5.74) is 0.952. The molecule has 0 spiro atoms. The molecule has 0 amide bonds. The molecule has 1 aromatic rings. The molecular weight excluding hydrogens is 209 g/mol. The van der Waals surface area contributed by atoms with E-state index in [1.165, 1.54) is 9.58 Å². The van der Waals surface area contributed by atoms with Crippen molar-refractivity contribution in [2.45, 2.75) is 26.2 Å². The summed E-state index contributed by atoms with van der Waals surface area (Å²) in [6.45, 7) is 2.53. The normalized spacial score (nSPS) is 17.9. The molecule has 4 nitrogen and oxygen atoms in total. The van der Waals surface area contributed by atoms with E-state index in [0.717, 1.165) is 0 Å². The standard InChI is InChI=1S/C8H11F3N4/c1-5-6-4-14(12)2-3-15(6)7(13-5)8(9,10)11/h2-4,12H2,1H3. The van der Waals surface area contributed by atoms with Gasteiger partial charge in [-0.05, 0) is 6.92 Å². The van der Waals surface area contributed by atoms with Gasteiger partial charge in [0.1, 0.15) is 0 Å². The van der Waals surface area contributed by atoms with Crippen molar-refractivity contribution in [3.05, 3.63) is 17.2 Å². The number of fused-ring (bicyclic) bond motifs is 1. The van der Waals surface area contributed by atoms with Crippen molar-refractivity contribution in [2.75, 3.05) is 6.54 Å². The molecule has 15 heavy (non-hydrogen) atoms. The smallest absolute Gasteiger partial charge is 0.322 e. The molecule has 0 bridgehead atoms.